The summed E-state index contributed by atoms with van der Waals surface area (Å²) in [5.74, 6) is -2.49. The molecule has 0 saturated carbocycles. The van der Waals surface area contributed by atoms with Crippen molar-refractivity contribution in [2.24, 2.45) is 0 Å². The smallest absolute Gasteiger partial charge is 0.377 e. The van der Waals surface area contributed by atoms with E-state index in [-0.39, 0.29) is 10.7 Å². The lowest BCUT2D eigenvalue weighted by molar-refractivity contribution is -0.131. The summed E-state index contributed by atoms with van der Waals surface area (Å²) in [6.07, 6.45) is 0. The van der Waals surface area contributed by atoms with Crippen LogP contribution in [0.4, 0.5) is 0 Å². The van der Waals surface area contributed by atoms with Crippen LogP contribution in [0.2, 0.25) is 5.15 Å². The fourth-order valence-electron chi connectivity index (χ4n) is 1.78. The van der Waals surface area contributed by atoms with E-state index in [1.165, 1.54) is 0 Å². The highest BCUT2D eigenvalue weighted by Crippen LogP contribution is 2.25. The molecule has 2 aromatic heterocycles. The SMILES string of the molecule is Cc1[nH]c2c(C)cc(Cl)nc2c1C(=O)C(=O)O. The monoisotopic (exact) mass is 252 g/mol. The molecule has 0 amide bonds. The van der Waals surface area contributed by atoms with Gasteiger partial charge in [-0.2, -0.15) is 0 Å². The highest BCUT2D eigenvalue weighted by atomic mass is 35.5. The molecule has 0 bridgehead atoms. The van der Waals surface area contributed by atoms with Crippen LogP contribution in [-0.4, -0.2) is 26.8 Å². The number of Topliss-reactive ketones (excluding diaryl/α,β-unsaturated/α-hetero) is 1. The van der Waals surface area contributed by atoms with Gasteiger partial charge in [-0.05, 0) is 25.5 Å². The number of carboxylic acids is 1. The number of carbonyl (C=O) groups is 2. The maximum atomic E-state index is 11.6. The zero-order valence-electron chi connectivity index (χ0n) is 9.17. The number of aryl methyl sites for hydroxylation is 2. The Morgan fingerprint density at radius 1 is 1.41 bits per heavy atom. The van der Waals surface area contributed by atoms with Crippen LogP contribution in [0.15, 0.2) is 6.07 Å². The van der Waals surface area contributed by atoms with E-state index in [1.54, 1.807) is 19.9 Å². The average Bonchev–Trinajstić information content (AvgIpc) is 2.54. The van der Waals surface area contributed by atoms with Gasteiger partial charge in [0.05, 0.1) is 11.1 Å². The minimum Gasteiger partial charge on any atom is -0.475 e. The highest BCUT2D eigenvalue weighted by molar-refractivity contribution is 6.42. The number of ketones is 1. The summed E-state index contributed by atoms with van der Waals surface area (Å²) in [6.45, 7) is 3.44. The van der Waals surface area contributed by atoms with E-state index in [0.29, 0.717) is 16.7 Å². The van der Waals surface area contributed by atoms with Crippen molar-refractivity contribution < 1.29 is 14.7 Å². The molecule has 6 heteroatoms. The molecule has 0 aliphatic heterocycles. The Morgan fingerprint density at radius 2 is 2.06 bits per heavy atom. The van der Waals surface area contributed by atoms with E-state index in [0.717, 1.165) is 5.56 Å². The number of H-pyrrole nitrogens is 1. The first-order chi connectivity index (χ1) is 7.91. The summed E-state index contributed by atoms with van der Waals surface area (Å²) in [5.41, 5.74) is 2.30. The second kappa shape index (κ2) is 3.85. The third-order valence-corrected chi connectivity index (χ3v) is 2.72. The van der Waals surface area contributed by atoms with Crippen molar-refractivity contribution in [2.75, 3.05) is 0 Å². The van der Waals surface area contributed by atoms with Crippen LogP contribution in [0.25, 0.3) is 11.0 Å². The molecule has 0 atom stereocenters. The van der Waals surface area contributed by atoms with E-state index in [2.05, 4.69) is 9.97 Å². The topological polar surface area (TPSA) is 83.0 Å². The summed E-state index contributed by atoms with van der Waals surface area (Å²) in [4.78, 5) is 29.3. The summed E-state index contributed by atoms with van der Waals surface area (Å²) in [5, 5.41) is 8.98. The van der Waals surface area contributed by atoms with Crippen LogP contribution in [0.1, 0.15) is 21.6 Å². The number of hydrogen-bond donors (Lipinski definition) is 2. The molecule has 0 fully saturated rings. The summed E-state index contributed by atoms with van der Waals surface area (Å²) >= 11 is 5.81. The van der Waals surface area contributed by atoms with Gasteiger partial charge in [-0.3, -0.25) is 4.79 Å². The van der Waals surface area contributed by atoms with Crippen LogP contribution in [0.5, 0.6) is 0 Å². The molecular weight excluding hydrogens is 244 g/mol. The van der Waals surface area contributed by atoms with Crippen LogP contribution >= 0.6 is 11.6 Å². The molecule has 88 valence electrons. The Balaban J connectivity index is 2.84. The number of aromatic nitrogens is 2. The van der Waals surface area contributed by atoms with Crippen molar-refractivity contribution in [3.8, 4) is 0 Å². The van der Waals surface area contributed by atoms with E-state index in [1.807, 2.05) is 0 Å². The number of carboxylic acid groups (broad SMARTS) is 1. The van der Waals surface area contributed by atoms with Crippen molar-refractivity contribution in [1.82, 2.24) is 9.97 Å². The maximum absolute atomic E-state index is 11.6. The van der Waals surface area contributed by atoms with E-state index in [9.17, 15) is 9.59 Å². The largest absolute Gasteiger partial charge is 0.475 e. The van der Waals surface area contributed by atoms with Crippen LogP contribution in [-0.2, 0) is 4.79 Å². The maximum Gasteiger partial charge on any atom is 0.377 e. The zero-order chi connectivity index (χ0) is 12.7. The lowest BCUT2D eigenvalue weighted by Crippen LogP contribution is -2.13. The van der Waals surface area contributed by atoms with Gasteiger partial charge in [0.15, 0.2) is 0 Å². The van der Waals surface area contributed by atoms with Crippen LogP contribution in [0, 0.1) is 13.8 Å². The molecule has 17 heavy (non-hydrogen) atoms. The van der Waals surface area contributed by atoms with Gasteiger partial charge in [0.1, 0.15) is 10.7 Å². The second-order valence-electron chi connectivity index (χ2n) is 3.74. The van der Waals surface area contributed by atoms with Crippen molar-refractivity contribution >= 4 is 34.4 Å². The van der Waals surface area contributed by atoms with E-state index < -0.39 is 11.8 Å². The predicted octanol–water partition coefficient (Wildman–Crippen LogP) is 2.10. The molecule has 0 aliphatic rings. The van der Waals surface area contributed by atoms with Crippen molar-refractivity contribution in [1.29, 1.82) is 0 Å². The summed E-state index contributed by atoms with van der Waals surface area (Å²) in [6, 6.07) is 1.65. The molecule has 0 spiro atoms. The molecule has 2 aromatic rings. The molecule has 2 N–H and O–H groups in total. The number of fused-ring (bicyclic) bond motifs is 1. The first-order valence-corrected chi connectivity index (χ1v) is 5.22. The predicted molar refractivity (Wildman–Crippen MR) is 62.5 cm³/mol. The van der Waals surface area contributed by atoms with Gasteiger partial charge in [0.2, 0.25) is 0 Å². The lowest BCUT2D eigenvalue weighted by Gasteiger charge is -1.98. The normalized spacial score (nSPS) is 10.8. The number of aliphatic carboxylic acids is 1. The number of nitrogens with one attached hydrogen (secondary N) is 1. The Morgan fingerprint density at radius 3 is 2.65 bits per heavy atom. The first-order valence-electron chi connectivity index (χ1n) is 4.85. The Kier molecular flexibility index (Phi) is 2.63. The Hall–Kier alpha value is -1.88. The quantitative estimate of drug-likeness (QED) is 0.487. The number of nitrogens with zero attached hydrogens (tertiary/aromatic N) is 1. The number of halogens is 1. The van der Waals surface area contributed by atoms with Crippen molar-refractivity contribution in [2.45, 2.75) is 13.8 Å². The first kappa shape index (κ1) is 11.6. The van der Waals surface area contributed by atoms with Crippen molar-refractivity contribution in [3.63, 3.8) is 0 Å². The number of hydrogen-bond acceptors (Lipinski definition) is 3. The Labute approximate surface area is 101 Å². The van der Waals surface area contributed by atoms with Gasteiger partial charge in [-0.15, -0.1) is 0 Å². The van der Waals surface area contributed by atoms with Gasteiger partial charge in [-0.1, -0.05) is 11.6 Å². The fourth-order valence-corrected chi connectivity index (χ4v) is 2.03. The Bertz CT molecular complexity index is 646. The van der Waals surface area contributed by atoms with Gasteiger partial charge >= 0.3 is 5.97 Å². The standard InChI is InChI=1S/C11H9ClN2O3/c1-4-3-6(12)14-9-7(10(15)11(16)17)5(2)13-8(4)9/h3,13H,1-2H3,(H,16,17). The minimum absolute atomic E-state index is 0.0677. The molecule has 0 aliphatic carbocycles. The second-order valence-corrected chi connectivity index (χ2v) is 4.13. The van der Waals surface area contributed by atoms with Gasteiger partial charge in [-0.25, -0.2) is 9.78 Å². The molecule has 0 aromatic carbocycles. The third-order valence-electron chi connectivity index (χ3n) is 2.53. The lowest BCUT2D eigenvalue weighted by atomic mass is 10.1. The van der Waals surface area contributed by atoms with Crippen molar-refractivity contribution in [3.05, 3.63) is 28.0 Å². The number of aromatic amines is 1. The van der Waals surface area contributed by atoms with E-state index >= 15 is 0 Å². The molecular formula is C11H9ClN2O3. The molecule has 2 rings (SSSR count). The highest BCUT2D eigenvalue weighted by Gasteiger charge is 2.23. The zero-order valence-corrected chi connectivity index (χ0v) is 9.92. The minimum atomic E-state index is -1.51. The van der Waals surface area contributed by atoms with Gasteiger partial charge < -0.3 is 10.1 Å². The molecule has 0 unspecified atom stereocenters. The summed E-state index contributed by atoms with van der Waals surface area (Å²) < 4.78 is 0. The van der Waals surface area contributed by atoms with Gasteiger partial charge in [0, 0.05) is 5.69 Å². The average molecular weight is 253 g/mol. The molecule has 2 heterocycles. The van der Waals surface area contributed by atoms with Crippen LogP contribution in [0.3, 0.4) is 0 Å². The third kappa shape index (κ3) is 1.78. The molecule has 5 nitrogen and oxygen atoms in total. The molecule has 0 radical (unpaired) electrons. The number of pyridine rings is 1. The summed E-state index contributed by atoms with van der Waals surface area (Å²) in [7, 11) is 0. The van der Waals surface area contributed by atoms with Gasteiger partial charge in [0.25, 0.3) is 5.78 Å². The van der Waals surface area contributed by atoms with Crippen LogP contribution < -0.4 is 0 Å². The fraction of sp³-hybridized carbons (Fsp3) is 0.182. The van der Waals surface area contributed by atoms with E-state index in [4.69, 9.17) is 16.7 Å². The number of carbonyl (C=O) groups excluding carboxylic acids is 1. The molecule has 0 saturated heterocycles. The number of rotatable bonds is 2.